The van der Waals surface area contributed by atoms with Crippen LogP contribution in [0.1, 0.15) is 28.8 Å². The molecule has 30 heavy (non-hydrogen) atoms. The van der Waals surface area contributed by atoms with Gasteiger partial charge in [0, 0.05) is 23.9 Å². The van der Waals surface area contributed by atoms with Gasteiger partial charge in [-0.15, -0.1) is 0 Å². The maximum atomic E-state index is 12.8. The maximum absolute atomic E-state index is 12.8. The highest BCUT2D eigenvalue weighted by molar-refractivity contribution is 5.93. The van der Waals surface area contributed by atoms with Crippen LogP contribution in [0.3, 0.4) is 0 Å². The van der Waals surface area contributed by atoms with Gasteiger partial charge in [0.1, 0.15) is 23.0 Å². The van der Waals surface area contributed by atoms with E-state index in [1.165, 1.54) is 5.56 Å². The summed E-state index contributed by atoms with van der Waals surface area (Å²) in [5, 5.41) is 10.6. The van der Waals surface area contributed by atoms with Crippen molar-refractivity contribution in [2.75, 3.05) is 5.32 Å². The number of amidine groups is 1. The van der Waals surface area contributed by atoms with Crippen molar-refractivity contribution < 1.29 is 9.53 Å². The van der Waals surface area contributed by atoms with Crippen LogP contribution in [0.5, 0.6) is 11.5 Å². The molecule has 0 radical (unpaired) electrons. The van der Waals surface area contributed by atoms with Gasteiger partial charge < -0.3 is 15.8 Å². The predicted octanol–water partition coefficient (Wildman–Crippen LogP) is 4.21. The molecule has 4 rings (SSSR count). The molecule has 0 saturated heterocycles. The number of hydrogen-bond acceptors (Lipinski definition) is 4. The van der Waals surface area contributed by atoms with Gasteiger partial charge in [0.2, 0.25) is 5.91 Å². The summed E-state index contributed by atoms with van der Waals surface area (Å²) >= 11 is 0. The average Bonchev–Trinajstić information content (AvgIpc) is 2.73. The van der Waals surface area contributed by atoms with E-state index in [0.29, 0.717) is 23.6 Å². The molecule has 1 aliphatic rings. The molecule has 2 aromatic carbocycles. The molecule has 6 nitrogen and oxygen atoms in total. The average molecular weight is 400 g/mol. The van der Waals surface area contributed by atoms with Crippen LogP contribution < -0.4 is 15.8 Å². The van der Waals surface area contributed by atoms with Crippen molar-refractivity contribution in [3.8, 4) is 11.5 Å². The molecule has 1 heterocycles. The number of nitrogens with one attached hydrogen (secondary N) is 2. The number of nitrogens with zero attached hydrogens (tertiary/aromatic N) is 1. The van der Waals surface area contributed by atoms with Gasteiger partial charge in [-0.25, -0.2) is 0 Å². The second-order valence-corrected chi connectivity index (χ2v) is 7.62. The van der Waals surface area contributed by atoms with Crippen LogP contribution in [0.15, 0.2) is 60.8 Å². The Labute approximate surface area is 175 Å². The number of nitrogens with two attached hydrogens (primary N) is 1. The number of pyridine rings is 1. The Balaban J connectivity index is 1.47. The van der Waals surface area contributed by atoms with Gasteiger partial charge in [-0.3, -0.25) is 15.2 Å². The molecule has 0 fully saturated rings. The Kier molecular flexibility index (Phi) is 5.48. The Morgan fingerprint density at radius 3 is 2.77 bits per heavy atom. The second-order valence-electron chi connectivity index (χ2n) is 7.62. The monoisotopic (exact) mass is 400 g/mol. The number of carbonyl (C=O) groups is 1. The molecular formula is C24H24N4O2. The van der Waals surface area contributed by atoms with Crippen molar-refractivity contribution in [1.29, 1.82) is 5.41 Å². The fourth-order valence-corrected chi connectivity index (χ4v) is 3.75. The van der Waals surface area contributed by atoms with Crippen LogP contribution in [-0.4, -0.2) is 16.7 Å². The topological polar surface area (TPSA) is 101 Å². The van der Waals surface area contributed by atoms with Gasteiger partial charge in [0.15, 0.2) is 0 Å². The first-order valence-corrected chi connectivity index (χ1v) is 9.95. The zero-order chi connectivity index (χ0) is 21.1. The summed E-state index contributed by atoms with van der Waals surface area (Å²) in [5.41, 5.74) is 10.2. The first kappa shape index (κ1) is 19.6. The van der Waals surface area contributed by atoms with Crippen LogP contribution in [0.2, 0.25) is 0 Å². The van der Waals surface area contributed by atoms with Crippen molar-refractivity contribution in [2.24, 2.45) is 11.7 Å². The number of hydrogen-bond donors (Lipinski definition) is 3. The molecule has 6 heteroatoms. The lowest BCUT2D eigenvalue weighted by molar-refractivity contribution is -0.120. The van der Waals surface area contributed by atoms with E-state index in [9.17, 15) is 4.79 Å². The van der Waals surface area contributed by atoms with Crippen LogP contribution >= 0.6 is 0 Å². The van der Waals surface area contributed by atoms with E-state index < -0.39 is 0 Å². The Morgan fingerprint density at radius 1 is 1.13 bits per heavy atom. The fourth-order valence-electron chi connectivity index (χ4n) is 3.75. The van der Waals surface area contributed by atoms with E-state index in [-0.39, 0.29) is 17.7 Å². The number of ether oxygens (including phenoxy) is 1. The molecule has 1 atom stereocenters. The fraction of sp³-hybridized carbons (Fsp3) is 0.208. The molecule has 4 N–H and O–H groups in total. The molecule has 0 saturated carbocycles. The van der Waals surface area contributed by atoms with Crippen molar-refractivity contribution in [1.82, 2.24) is 4.98 Å². The number of fused-ring (bicyclic) bond motifs is 1. The SMILES string of the molecule is Cc1cccc(NC(=O)C2CCc3ccc(Oc4ccnc(C(=N)N)c4)cc3C2)c1. The summed E-state index contributed by atoms with van der Waals surface area (Å²) < 4.78 is 5.95. The van der Waals surface area contributed by atoms with Crippen LogP contribution in [0, 0.1) is 18.3 Å². The lowest BCUT2D eigenvalue weighted by Gasteiger charge is -2.24. The third kappa shape index (κ3) is 4.49. The summed E-state index contributed by atoms with van der Waals surface area (Å²) in [6, 6.07) is 17.2. The highest BCUT2D eigenvalue weighted by Gasteiger charge is 2.25. The quantitative estimate of drug-likeness (QED) is 0.441. The molecule has 0 spiro atoms. The molecule has 1 aromatic heterocycles. The van der Waals surface area contributed by atoms with E-state index in [1.807, 2.05) is 43.3 Å². The van der Waals surface area contributed by atoms with Crippen LogP contribution in [0.25, 0.3) is 0 Å². The summed E-state index contributed by atoms with van der Waals surface area (Å²) in [7, 11) is 0. The van der Waals surface area contributed by atoms with Gasteiger partial charge in [-0.2, -0.15) is 0 Å². The van der Waals surface area contributed by atoms with Crippen molar-refractivity contribution in [2.45, 2.75) is 26.2 Å². The summed E-state index contributed by atoms with van der Waals surface area (Å²) in [6.45, 7) is 2.01. The van der Waals surface area contributed by atoms with Gasteiger partial charge in [-0.05, 0) is 73.2 Å². The summed E-state index contributed by atoms with van der Waals surface area (Å²) in [5.74, 6) is 1.14. The highest BCUT2D eigenvalue weighted by Crippen LogP contribution is 2.31. The lowest BCUT2D eigenvalue weighted by atomic mass is 9.83. The maximum Gasteiger partial charge on any atom is 0.227 e. The number of aryl methyl sites for hydroxylation is 2. The Hall–Kier alpha value is -3.67. The molecule has 1 aliphatic carbocycles. The second kappa shape index (κ2) is 8.37. The molecule has 1 amide bonds. The summed E-state index contributed by atoms with van der Waals surface area (Å²) in [6.07, 6.45) is 3.94. The zero-order valence-corrected chi connectivity index (χ0v) is 16.8. The number of aromatic nitrogens is 1. The highest BCUT2D eigenvalue weighted by atomic mass is 16.5. The largest absolute Gasteiger partial charge is 0.457 e. The third-order valence-corrected chi connectivity index (χ3v) is 5.31. The van der Waals surface area contributed by atoms with E-state index in [2.05, 4.69) is 16.4 Å². The minimum absolute atomic E-state index is 0.0535. The number of amides is 1. The number of carbonyl (C=O) groups excluding carboxylic acids is 1. The number of rotatable bonds is 5. The smallest absolute Gasteiger partial charge is 0.227 e. The molecule has 1 unspecified atom stereocenters. The van der Waals surface area contributed by atoms with Gasteiger partial charge in [0.05, 0.1) is 0 Å². The Bertz CT molecular complexity index is 1110. The molecule has 0 aliphatic heterocycles. The van der Waals surface area contributed by atoms with E-state index >= 15 is 0 Å². The van der Waals surface area contributed by atoms with Gasteiger partial charge >= 0.3 is 0 Å². The van der Waals surface area contributed by atoms with Gasteiger partial charge in [0.25, 0.3) is 0 Å². The van der Waals surface area contributed by atoms with Crippen LogP contribution in [-0.2, 0) is 17.6 Å². The summed E-state index contributed by atoms with van der Waals surface area (Å²) in [4.78, 5) is 16.8. The zero-order valence-electron chi connectivity index (χ0n) is 16.8. The normalized spacial score (nSPS) is 15.2. The minimum atomic E-state index is -0.103. The number of anilines is 1. The van der Waals surface area contributed by atoms with Crippen molar-refractivity contribution in [3.63, 3.8) is 0 Å². The first-order valence-electron chi connectivity index (χ1n) is 9.95. The molecule has 3 aromatic rings. The minimum Gasteiger partial charge on any atom is -0.457 e. The van der Waals surface area contributed by atoms with Crippen LogP contribution in [0.4, 0.5) is 5.69 Å². The third-order valence-electron chi connectivity index (χ3n) is 5.31. The van der Waals surface area contributed by atoms with E-state index in [1.54, 1.807) is 18.3 Å². The Morgan fingerprint density at radius 2 is 1.97 bits per heavy atom. The first-order chi connectivity index (χ1) is 14.5. The van der Waals surface area contributed by atoms with Crippen molar-refractivity contribution in [3.05, 3.63) is 83.2 Å². The lowest BCUT2D eigenvalue weighted by Crippen LogP contribution is -2.28. The molecule has 0 bridgehead atoms. The van der Waals surface area contributed by atoms with Crippen molar-refractivity contribution >= 4 is 17.4 Å². The molecular weight excluding hydrogens is 376 g/mol. The number of nitrogen functional groups attached to an aromatic ring is 1. The molecule has 152 valence electrons. The van der Waals surface area contributed by atoms with Gasteiger partial charge in [-0.1, -0.05) is 18.2 Å². The van der Waals surface area contributed by atoms with E-state index in [0.717, 1.165) is 29.7 Å². The number of benzene rings is 2. The predicted molar refractivity (Wildman–Crippen MR) is 117 cm³/mol. The van der Waals surface area contributed by atoms with E-state index in [4.69, 9.17) is 15.9 Å². The standard InChI is InChI=1S/C24H24N4O2/c1-15-3-2-4-19(11-15)28-24(29)17-6-5-16-7-8-20(13-18(16)12-17)30-21-9-10-27-22(14-21)23(25)26/h2-4,7-11,13-14,17H,5-6,12H2,1H3,(H3,25,26)(H,28,29).